The topological polar surface area (TPSA) is 67.4 Å². The number of benzene rings is 1. The summed E-state index contributed by atoms with van der Waals surface area (Å²) in [5.41, 5.74) is 0.394. The summed E-state index contributed by atoms with van der Waals surface area (Å²) in [5, 5.41) is 6.09. The second-order valence-corrected chi connectivity index (χ2v) is 7.35. The van der Waals surface area contributed by atoms with Gasteiger partial charge in [-0.1, -0.05) is 51.3 Å². The van der Waals surface area contributed by atoms with Crippen LogP contribution in [0.5, 0.6) is 5.75 Å². The minimum absolute atomic E-state index is 0.00375. The average Bonchev–Trinajstić information content (AvgIpc) is 3.52. The number of para-hydroxylation sites is 1. The zero-order chi connectivity index (χ0) is 19.7. The molecule has 2 amide bonds. The van der Waals surface area contributed by atoms with Gasteiger partial charge >= 0.3 is 0 Å². The molecule has 2 N–H and O–H groups in total. The van der Waals surface area contributed by atoms with Gasteiger partial charge in [-0.25, -0.2) is 0 Å². The molecule has 1 aromatic carbocycles. The molecule has 2 saturated carbocycles. The summed E-state index contributed by atoms with van der Waals surface area (Å²) in [4.78, 5) is 25.3. The van der Waals surface area contributed by atoms with E-state index >= 15 is 0 Å². The summed E-state index contributed by atoms with van der Waals surface area (Å²) < 4.78 is 5.35. The van der Waals surface area contributed by atoms with Gasteiger partial charge < -0.3 is 15.4 Å². The fraction of sp³-hybridized carbons (Fsp3) is 0.636. The average molecular weight is 375 g/mol. The molecule has 0 heterocycles. The maximum Gasteiger partial charge on any atom is 0.227 e. The van der Waals surface area contributed by atoms with Crippen LogP contribution in [0.2, 0.25) is 0 Å². The lowest BCUT2D eigenvalue weighted by molar-refractivity contribution is -0.138. The third-order valence-electron chi connectivity index (χ3n) is 5.37. The van der Waals surface area contributed by atoms with E-state index in [1.807, 2.05) is 38.1 Å². The van der Waals surface area contributed by atoms with Crippen molar-refractivity contribution in [3.63, 3.8) is 0 Å². The maximum atomic E-state index is 13.0. The number of nitrogens with one attached hydrogen (secondary N) is 2. The molecule has 0 saturated heterocycles. The number of carbonyl (C=O) groups is 2. The fourth-order valence-electron chi connectivity index (χ4n) is 3.74. The van der Waals surface area contributed by atoms with Gasteiger partial charge in [-0.2, -0.15) is 0 Å². The summed E-state index contributed by atoms with van der Waals surface area (Å²) in [7, 11) is 1.63. The Morgan fingerprint density at radius 2 is 1.78 bits per heavy atom. The summed E-state index contributed by atoms with van der Waals surface area (Å²) in [6.07, 6.45) is 7.20. The molecule has 0 unspecified atom stereocenters. The molecule has 5 nitrogen and oxygen atoms in total. The predicted molar refractivity (Wildman–Crippen MR) is 107 cm³/mol. The Hall–Kier alpha value is -2.04. The highest BCUT2D eigenvalue weighted by molar-refractivity contribution is 5.89. The quantitative estimate of drug-likeness (QED) is 0.759. The molecule has 1 aromatic rings. The minimum Gasteiger partial charge on any atom is -0.496 e. The van der Waals surface area contributed by atoms with Crippen molar-refractivity contribution in [1.29, 1.82) is 0 Å². The molecule has 27 heavy (non-hydrogen) atoms. The molecule has 0 spiro atoms. The van der Waals surface area contributed by atoms with Crippen LogP contribution >= 0.6 is 0 Å². The lowest BCUT2D eigenvalue weighted by Crippen LogP contribution is -2.45. The Bertz CT molecular complexity index is 620. The van der Waals surface area contributed by atoms with Crippen molar-refractivity contribution in [2.24, 2.45) is 5.41 Å². The molecular formula is C22H34N2O3. The molecule has 0 bridgehead atoms. The second kappa shape index (κ2) is 10.3. The molecule has 2 aliphatic carbocycles. The number of methoxy groups -OCH3 is 1. The Kier molecular flexibility index (Phi) is 8.14. The van der Waals surface area contributed by atoms with Crippen molar-refractivity contribution < 1.29 is 14.3 Å². The molecule has 0 atom stereocenters. The molecule has 150 valence electrons. The van der Waals surface area contributed by atoms with Crippen LogP contribution < -0.4 is 15.4 Å². The van der Waals surface area contributed by atoms with Crippen LogP contribution in [-0.2, 0) is 16.1 Å². The first-order valence-electron chi connectivity index (χ1n) is 10.3. The summed E-state index contributed by atoms with van der Waals surface area (Å²) in [5.74, 6) is 0.799. The van der Waals surface area contributed by atoms with E-state index in [1.54, 1.807) is 7.11 Å². The van der Waals surface area contributed by atoms with Gasteiger partial charge in [0.15, 0.2) is 0 Å². The Morgan fingerprint density at radius 3 is 2.41 bits per heavy atom. The van der Waals surface area contributed by atoms with Crippen LogP contribution in [-0.4, -0.2) is 25.0 Å². The van der Waals surface area contributed by atoms with Crippen LogP contribution in [0.15, 0.2) is 24.3 Å². The SMILES string of the molecule is CC.COc1ccccc1CNC(=O)C1(CC(=O)NC2CC2)CCCCC1. The van der Waals surface area contributed by atoms with E-state index in [1.165, 1.54) is 0 Å². The lowest BCUT2D eigenvalue weighted by Gasteiger charge is -2.35. The van der Waals surface area contributed by atoms with Crippen molar-refractivity contribution in [1.82, 2.24) is 10.6 Å². The third kappa shape index (κ3) is 5.98. The molecule has 2 fully saturated rings. The van der Waals surface area contributed by atoms with Crippen molar-refractivity contribution in [2.45, 2.75) is 77.8 Å². The van der Waals surface area contributed by atoms with Gasteiger partial charge in [0, 0.05) is 24.6 Å². The zero-order valence-electron chi connectivity index (χ0n) is 17.0. The molecule has 2 aliphatic rings. The van der Waals surface area contributed by atoms with Crippen molar-refractivity contribution >= 4 is 11.8 Å². The number of rotatable bonds is 7. The Labute approximate surface area is 163 Å². The monoisotopic (exact) mass is 374 g/mol. The van der Waals surface area contributed by atoms with Crippen molar-refractivity contribution in [3.05, 3.63) is 29.8 Å². The van der Waals surface area contributed by atoms with Crippen LogP contribution in [0.25, 0.3) is 0 Å². The first-order chi connectivity index (χ1) is 13.1. The highest BCUT2D eigenvalue weighted by Gasteiger charge is 2.41. The number of hydrogen-bond donors (Lipinski definition) is 2. The first-order valence-corrected chi connectivity index (χ1v) is 10.3. The number of carbonyl (C=O) groups excluding carboxylic acids is 2. The minimum atomic E-state index is -0.556. The van der Waals surface area contributed by atoms with Gasteiger partial charge in [0.05, 0.1) is 12.5 Å². The summed E-state index contributed by atoms with van der Waals surface area (Å²) in [6.45, 7) is 4.43. The van der Waals surface area contributed by atoms with Crippen LogP contribution in [0.3, 0.4) is 0 Å². The van der Waals surface area contributed by atoms with Crippen LogP contribution in [0.1, 0.15) is 70.8 Å². The van der Waals surface area contributed by atoms with Gasteiger partial charge in [-0.3, -0.25) is 9.59 Å². The predicted octanol–water partition coefficient (Wildman–Crippen LogP) is 3.96. The van der Waals surface area contributed by atoms with E-state index in [0.29, 0.717) is 19.0 Å². The van der Waals surface area contributed by atoms with E-state index in [4.69, 9.17) is 4.74 Å². The molecule has 3 rings (SSSR count). The smallest absolute Gasteiger partial charge is 0.227 e. The normalized spacial score (nSPS) is 17.9. The zero-order valence-corrected chi connectivity index (χ0v) is 17.0. The highest BCUT2D eigenvalue weighted by Crippen LogP contribution is 2.40. The lowest BCUT2D eigenvalue weighted by atomic mass is 9.71. The summed E-state index contributed by atoms with van der Waals surface area (Å²) in [6, 6.07) is 8.02. The van der Waals surface area contributed by atoms with Crippen LogP contribution in [0, 0.1) is 5.41 Å². The van der Waals surface area contributed by atoms with Crippen molar-refractivity contribution in [3.8, 4) is 5.75 Å². The van der Waals surface area contributed by atoms with Crippen LogP contribution in [0.4, 0.5) is 0 Å². The number of ether oxygens (including phenoxy) is 1. The summed E-state index contributed by atoms with van der Waals surface area (Å²) >= 11 is 0. The van der Waals surface area contributed by atoms with Gasteiger partial charge in [0.1, 0.15) is 5.75 Å². The largest absolute Gasteiger partial charge is 0.496 e. The fourth-order valence-corrected chi connectivity index (χ4v) is 3.74. The second-order valence-electron chi connectivity index (χ2n) is 7.35. The molecule has 0 aromatic heterocycles. The first kappa shape index (κ1) is 21.3. The van der Waals surface area contributed by atoms with Gasteiger partial charge in [0.25, 0.3) is 0 Å². The van der Waals surface area contributed by atoms with E-state index in [-0.39, 0.29) is 11.8 Å². The van der Waals surface area contributed by atoms with E-state index < -0.39 is 5.41 Å². The number of hydrogen-bond acceptors (Lipinski definition) is 3. The maximum absolute atomic E-state index is 13.0. The number of amides is 2. The van der Waals surface area contributed by atoms with Gasteiger partial charge in [0.2, 0.25) is 11.8 Å². The van der Waals surface area contributed by atoms with E-state index in [9.17, 15) is 9.59 Å². The molecule has 0 radical (unpaired) electrons. The highest BCUT2D eigenvalue weighted by atomic mass is 16.5. The molecular weight excluding hydrogens is 340 g/mol. The van der Waals surface area contributed by atoms with Gasteiger partial charge in [-0.15, -0.1) is 0 Å². The van der Waals surface area contributed by atoms with E-state index in [2.05, 4.69) is 10.6 Å². The molecule has 5 heteroatoms. The molecule has 0 aliphatic heterocycles. The van der Waals surface area contributed by atoms with Gasteiger partial charge in [-0.05, 0) is 31.7 Å². The van der Waals surface area contributed by atoms with E-state index in [0.717, 1.165) is 56.3 Å². The third-order valence-corrected chi connectivity index (χ3v) is 5.37. The standard InChI is InChI=1S/C20H28N2O3.C2H6/c1-25-17-8-4-3-7-15(17)14-21-19(24)20(11-5-2-6-12-20)13-18(23)22-16-9-10-16;1-2/h3-4,7-8,16H,2,5-6,9-14H2,1H3,(H,21,24)(H,22,23);1-2H3. The van der Waals surface area contributed by atoms with Crippen molar-refractivity contribution in [2.75, 3.05) is 7.11 Å². The Morgan fingerprint density at radius 1 is 1.11 bits per heavy atom. The Balaban J connectivity index is 0.00000126.